The summed E-state index contributed by atoms with van der Waals surface area (Å²) in [5.41, 5.74) is 8.45. The summed E-state index contributed by atoms with van der Waals surface area (Å²) in [5.74, 6) is 0.511. The molecule has 9 heteroatoms. The molecule has 0 aliphatic rings. The summed E-state index contributed by atoms with van der Waals surface area (Å²) in [4.78, 5) is 9.50. The SMILES string of the molecule is NC(CNc1cc(-c2ccc(C(F)(F)F)c(Cl)c2)ncn1)c1ccc(-c2cccs2)cc1. The Balaban J connectivity index is 1.43. The molecule has 4 rings (SSSR count). The summed E-state index contributed by atoms with van der Waals surface area (Å²) in [7, 11) is 0. The normalized spacial score (nSPS) is 12.5. The maximum atomic E-state index is 12.9. The Hall–Kier alpha value is -2.94. The number of alkyl halides is 3. The van der Waals surface area contributed by atoms with Crippen molar-refractivity contribution in [2.75, 3.05) is 11.9 Å². The van der Waals surface area contributed by atoms with Crippen LogP contribution in [-0.2, 0) is 6.18 Å². The summed E-state index contributed by atoms with van der Waals surface area (Å²) in [6, 6.07) is 17.1. The van der Waals surface area contributed by atoms with Crippen LogP contribution in [-0.4, -0.2) is 16.5 Å². The Morgan fingerprint density at radius 2 is 1.75 bits per heavy atom. The molecular weight excluding hydrogens is 457 g/mol. The maximum absolute atomic E-state index is 12.9. The first-order chi connectivity index (χ1) is 15.3. The molecule has 0 bridgehead atoms. The summed E-state index contributed by atoms with van der Waals surface area (Å²) in [6.07, 6.45) is -3.17. The zero-order chi connectivity index (χ0) is 22.7. The molecule has 3 N–H and O–H groups in total. The fourth-order valence-electron chi connectivity index (χ4n) is 3.19. The van der Waals surface area contributed by atoms with Gasteiger partial charge in [0.1, 0.15) is 12.1 Å². The Kier molecular flexibility index (Phi) is 6.45. The van der Waals surface area contributed by atoms with Gasteiger partial charge in [0.05, 0.1) is 16.3 Å². The van der Waals surface area contributed by atoms with Crippen molar-refractivity contribution < 1.29 is 13.2 Å². The first kappa shape index (κ1) is 22.3. The molecule has 1 unspecified atom stereocenters. The van der Waals surface area contributed by atoms with Crippen molar-refractivity contribution in [3.8, 4) is 21.7 Å². The van der Waals surface area contributed by atoms with Gasteiger partial charge in [0.15, 0.2) is 0 Å². The van der Waals surface area contributed by atoms with Crippen molar-refractivity contribution in [3.63, 3.8) is 0 Å². The van der Waals surface area contributed by atoms with E-state index in [0.29, 0.717) is 23.6 Å². The van der Waals surface area contributed by atoms with Crippen LogP contribution in [0.1, 0.15) is 17.2 Å². The number of hydrogen-bond donors (Lipinski definition) is 2. The van der Waals surface area contributed by atoms with E-state index in [9.17, 15) is 13.2 Å². The molecule has 0 spiro atoms. The monoisotopic (exact) mass is 474 g/mol. The Morgan fingerprint density at radius 3 is 2.41 bits per heavy atom. The highest BCUT2D eigenvalue weighted by atomic mass is 35.5. The minimum Gasteiger partial charge on any atom is -0.368 e. The van der Waals surface area contributed by atoms with Gasteiger partial charge >= 0.3 is 6.18 Å². The molecule has 0 aliphatic carbocycles. The highest BCUT2D eigenvalue weighted by Crippen LogP contribution is 2.36. The molecule has 0 radical (unpaired) electrons. The van der Waals surface area contributed by atoms with E-state index in [1.54, 1.807) is 17.4 Å². The predicted octanol–water partition coefficient (Wildman–Crippen LogP) is 6.66. The molecule has 2 heterocycles. The van der Waals surface area contributed by atoms with E-state index in [1.807, 2.05) is 35.7 Å². The lowest BCUT2D eigenvalue weighted by atomic mass is 10.0. The van der Waals surface area contributed by atoms with Gasteiger partial charge in [-0.2, -0.15) is 13.2 Å². The second-order valence-electron chi connectivity index (χ2n) is 7.07. The van der Waals surface area contributed by atoms with E-state index in [2.05, 4.69) is 21.4 Å². The molecule has 4 nitrogen and oxygen atoms in total. The molecule has 2 aromatic heterocycles. The summed E-state index contributed by atoms with van der Waals surface area (Å²) in [6.45, 7) is 0.419. The quantitative estimate of drug-likeness (QED) is 0.328. The third kappa shape index (κ3) is 5.09. The van der Waals surface area contributed by atoms with Gasteiger partial charge in [0, 0.05) is 29.1 Å². The standard InChI is InChI=1S/C23H18ClF3N4S/c24-18-10-16(7-8-17(18)23(25,26)27)20-11-22(31-13-30-20)29-12-19(28)14-3-5-15(6-4-14)21-2-1-9-32-21/h1-11,13,19H,12,28H2,(H,29,30,31). The van der Waals surface area contributed by atoms with Crippen LogP contribution in [0.3, 0.4) is 0 Å². The van der Waals surface area contributed by atoms with Gasteiger partial charge in [-0.3, -0.25) is 0 Å². The zero-order valence-electron chi connectivity index (χ0n) is 16.6. The Bertz CT molecular complexity index is 1190. The Labute approximate surface area is 191 Å². The van der Waals surface area contributed by atoms with Crippen LogP contribution in [0.25, 0.3) is 21.7 Å². The number of nitrogens with zero attached hydrogens (tertiary/aromatic N) is 2. The lowest BCUT2D eigenvalue weighted by Gasteiger charge is -2.15. The fraction of sp³-hybridized carbons (Fsp3) is 0.130. The summed E-state index contributed by atoms with van der Waals surface area (Å²) in [5, 5.41) is 4.82. The van der Waals surface area contributed by atoms with Crippen LogP contribution in [0.15, 0.2) is 72.4 Å². The van der Waals surface area contributed by atoms with Crippen LogP contribution in [0, 0.1) is 0 Å². The van der Waals surface area contributed by atoms with E-state index in [4.69, 9.17) is 17.3 Å². The van der Waals surface area contributed by atoms with Crippen molar-refractivity contribution >= 4 is 28.8 Å². The average Bonchev–Trinajstić information content (AvgIpc) is 3.32. The molecule has 32 heavy (non-hydrogen) atoms. The molecular formula is C23H18ClF3N4S. The number of anilines is 1. The van der Waals surface area contributed by atoms with E-state index in [0.717, 1.165) is 17.2 Å². The molecule has 0 saturated heterocycles. The molecule has 0 fully saturated rings. The minimum absolute atomic E-state index is 0.272. The highest BCUT2D eigenvalue weighted by Gasteiger charge is 2.33. The maximum Gasteiger partial charge on any atom is 0.417 e. The van der Waals surface area contributed by atoms with Crippen molar-refractivity contribution in [2.45, 2.75) is 12.2 Å². The second-order valence-corrected chi connectivity index (χ2v) is 8.42. The number of aromatic nitrogens is 2. The zero-order valence-corrected chi connectivity index (χ0v) is 18.2. The number of nitrogens with two attached hydrogens (primary N) is 1. The van der Waals surface area contributed by atoms with E-state index < -0.39 is 11.7 Å². The van der Waals surface area contributed by atoms with Gasteiger partial charge in [-0.05, 0) is 34.7 Å². The number of benzene rings is 2. The molecule has 164 valence electrons. The topological polar surface area (TPSA) is 63.8 Å². The van der Waals surface area contributed by atoms with Gasteiger partial charge in [0.25, 0.3) is 0 Å². The largest absolute Gasteiger partial charge is 0.417 e. The molecule has 4 aromatic rings. The third-order valence-electron chi connectivity index (χ3n) is 4.88. The lowest BCUT2D eigenvalue weighted by molar-refractivity contribution is -0.137. The molecule has 1 atom stereocenters. The van der Waals surface area contributed by atoms with Crippen molar-refractivity contribution in [1.82, 2.24) is 9.97 Å². The number of nitrogens with one attached hydrogen (secondary N) is 1. The number of hydrogen-bond acceptors (Lipinski definition) is 5. The number of rotatable bonds is 6. The lowest BCUT2D eigenvalue weighted by Crippen LogP contribution is -2.21. The Morgan fingerprint density at radius 1 is 1.00 bits per heavy atom. The van der Waals surface area contributed by atoms with Crippen molar-refractivity contribution in [1.29, 1.82) is 0 Å². The van der Waals surface area contributed by atoms with Gasteiger partial charge < -0.3 is 11.1 Å². The van der Waals surface area contributed by atoms with E-state index in [1.165, 1.54) is 23.3 Å². The number of halogens is 4. The minimum atomic E-state index is -4.51. The summed E-state index contributed by atoms with van der Waals surface area (Å²) < 4.78 is 38.8. The molecule has 2 aromatic carbocycles. The molecule has 0 saturated carbocycles. The van der Waals surface area contributed by atoms with Crippen molar-refractivity contribution in [3.05, 3.63) is 88.5 Å². The fourth-order valence-corrected chi connectivity index (χ4v) is 4.21. The highest BCUT2D eigenvalue weighted by molar-refractivity contribution is 7.13. The van der Waals surface area contributed by atoms with E-state index in [-0.39, 0.29) is 11.1 Å². The average molecular weight is 475 g/mol. The molecule has 0 amide bonds. The van der Waals surface area contributed by atoms with Crippen molar-refractivity contribution in [2.24, 2.45) is 5.73 Å². The van der Waals surface area contributed by atoms with Gasteiger partial charge in [0.2, 0.25) is 0 Å². The van der Waals surface area contributed by atoms with Crippen LogP contribution in [0.5, 0.6) is 0 Å². The van der Waals surface area contributed by atoms with E-state index >= 15 is 0 Å². The second kappa shape index (κ2) is 9.28. The predicted molar refractivity (Wildman–Crippen MR) is 123 cm³/mol. The number of thiophene rings is 1. The van der Waals surface area contributed by atoms with Gasteiger partial charge in [-0.25, -0.2) is 9.97 Å². The first-order valence-electron chi connectivity index (χ1n) is 9.64. The molecule has 0 aliphatic heterocycles. The van der Waals surface area contributed by atoms with Crippen LogP contribution < -0.4 is 11.1 Å². The van der Waals surface area contributed by atoms with Crippen LogP contribution in [0.2, 0.25) is 5.02 Å². The van der Waals surface area contributed by atoms with Gasteiger partial charge in [-0.1, -0.05) is 48.0 Å². The first-order valence-corrected chi connectivity index (χ1v) is 10.9. The smallest absolute Gasteiger partial charge is 0.368 e. The van der Waals surface area contributed by atoms with Crippen LogP contribution in [0.4, 0.5) is 19.0 Å². The summed E-state index contributed by atoms with van der Waals surface area (Å²) >= 11 is 7.50. The van der Waals surface area contributed by atoms with Gasteiger partial charge in [-0.15, -0.1) is 11.3 Å². The van der Waals surface area contributed by atoms with Crippen LogP contribution >= 0.6 is 22.9 Å². The third-order valence-corrected chi connectivity index (χ3v) is 6.12.